The number of rotatable bonds is 4. The number of carbonyl (C=O) groups is 1. The van der Waals surface area contributed by atoms with Gasteiger partial charge in [-0.15, -0.1) is 0 Å². The second-order valence-corrected chi connectivity index (χ2v) is 3.81. The van der Waals surface area contributed by atoms with Crippen molar-refractivity contribution in [1.82, 2.24) is 15.3 Å². The molecule has 0 aliphatic heterocycles. The Kier molecular flexibility index (Phi) is 4.28. The third kappa shape index (κ3) is 4.27. The molecule has 2 rings (SSSR count). The van der Waals surface area contributed by atoms with Crippen LogP contribution in [0.4, 0.5) is 10.7 Å². The predicted molar refractivity (Wildman–Crippen MR) is 70.9 cm³/mol. The molecule has 0 aliphatic carbocycles. The Balaban J connectivity index is 1.74. The lowest BCUT2D eigenvalue weighted by Crippen LogP contribution is -2.32. The van der Waals surface area contributed by atoms with Gasteiger partial charge in [0.05, 0.1) is 0 Å². The lowest BCUT2D eigenvalue weighted by molar-refractivity contribution is 0.234. The van der Waals surface area contributed by atoms with Gasteiger partial charge in [0.25, 0.3) is 0 Å². The molecule has 6 nitrogen and oxygen atoms in total. The second kappa shape index (κ2) is 6.34. The van der Waals surface area contributed by atoms with Gasteiger partial charge in [-0.25, -0.2) is 14.8 Å². The van der Waals surface area contributed by atoms with Gasteiger partial charge < -0.3 is 10.1 Å². The summed E-state index contributed by atoms with van der Waals surface area (Å²) in [5.74, 6) is 0.942. The molecule has 0 bridgehead atoms. The van der Waals surface area contributed by atoms with Crippen LogP contribution >= 0.6 is 0 Å². The van der Waals surface area contributed by atoms with Gasteiger partial charge in [0.2, 0.25) is 5.95 Å². The van der Waals surface area contributed by atoms with Crippen molar-refractivity contribution < 1.29 is 9.53 Å². The highest BCUT2D eigenvalue weighted by Gasteiger charge is 2.02. The van der Waals surface area contributed by atoms with E-state index in [1.807, 2.05) is 31.2 Å². The maximum Gasteiger partial charge on any atom is 0.324 e. The Bertz CT molecular complexity index is 528. The minimum absolute atomic E-state index is 0.0712. The first kappa shape index (κ1) is 12.8. The molecule has 1 aromatic heterocycles. The van der Waals surface area contributed by atoms with Gasteiger partial charge in [0.1, 0.15) is 5.75 Å². The van der Waals surface area contributed by atoms with Crippen LogP contribution in [0.5, 0.6) is 5.75 Å². The van der Waals surface area contributed by atoms with Crippen molar-refractivity contribution in [2.24, 2.45) is 0 Å². The minimum Gasteiger partial charge on any atom is -0.473 e. The Morgan fingerprint density at radius 3 is 2.58 bits per heavy atom. The fourth-order valence-electron chi connectivity index (χ4n) is 1.33. The van der Waals surface area contributed by atoms with E-state index in [0.29, 0.717) is 5.75 Å². The number of anilines is 1. The van der Waals surface area contributed by atoms with Crippen LogP contribution in [0.3, 0.4) is 0 Å². The lowest BCUT2D eigenvalue weighted by Gasteiger charge is -2.08. The van der Waals surface area contributed by atoms with Crippen molar-refractivity contribution in [2.75, 3.05) is 12.0 Å². The van der Waals surface area contributed by atoms with Gasteiger partial charge in [0.15, 0.2) is 6.73 Å². The number of benzene rings is 1. The van der Waals surface area contributed by atoms with Crippen molar-refractivity contribution in [3.63, 3.8) is 0 Å². The minimum atomic E-state index is -0.418. The highest BCUT2D eigenvalue weighted by atomic mass is 16.5. The fraction of sp³-hybridized carbons (Fsp3) is 0.154. The van der Waals surface area contributed by atoms with Crippen LogP contribution in [0, 0.1) is 6.92 Å². The van der Waals surface area contributed by atoms with Crippen molar-refractivity contribution >= 4 is 12.0 Å². The molecule has 0 radical (unpaired) electrons. The highest BCUT2D eigenvalue weighted by molar-refractivity contribution is 5.87. The van der Waals surface area contributed by atoms with Crippen LogP contribution in [0.1, 0.15) is 5.56 Å². The summed E-state index contributed by atoms with van der Waals surface area (Å²) in [7, 11) is 0. The molecule has 19 heavy (non-hydrogen) atoms. The zero-order valence-electron chi connectivity index (χ0n) is 10.5. The third-order valence-corrected chi connectivity index (χ3v) is 2.28. The molecule has 0 spiro atoms. The zero-order chi connectivity index (χ0) is 13.5. The first-order valence-corrected chi connectivity index (χ1v) is 5.75. The molecule has 0 unspecified atom stereocenters. The van der Waals surface area contributed by atoms with Crippen LogP contribution in [0.2, 0.25) is 0 Å². The number of aromatic nitrogens is 2. The molecular weight excluding hydrogens is 244 g/mol. The van der Waals surface area contributed by atoms with E-state index in [0.717, 1.165) is 5.56 Å². The smallest absolute Gasteiger partial charge is 0.324 e. The van der Waals surface area contributed by atoms with Crippen LogP contribution in [0.25, 0.3) is 0 Å². The average Bonchev–Trinajstić information content (AvgIpc) is 2.42. The predicted octanol–water partition coefficient (Wildman–Crippen LogP) is 1.94. The van der Waals surface area contributed by atoms with Crippen molar-refractivity contribution in [1.29, 1.82) is 0 Å². The summed E-state index contributed by atoms with van der Waals surface area (Å²) < 4.78 is 5.36. The van der Waals surface area contributed by atoms with Gasteiger partial charge in [-0.2, -0.15) is 0 Å². The van der Waals surface area contributed by atoms with Gasteiger partial charge >= 0.3 is 6.03 Å². The lowest BCUT2D eigenvalue weighted by atomic mass is 10.2. The summed E-state index contributed by atoms with van der Waals surface area (Å²) in [5, 5.41) is 5.03. The fourth-order valence-corrected chi connectivity index (χ4v) is 1.33. The van der Waals surface area contributed by atoms with E-state index in [4.69, 9.17) is 4.74 Å². The molecule has 1 heterocycles. The Morgan fingerprint density at radius 2 is 1.89 bits per heavy atom. The summed E-state index contributed by atoms with van der Waals surface area (Å²) in [5.41, 5.74) is 1.15. The molecule has 0 saturated heterocycles. The number of carbonyl (C=O) groups excluding carboxylic acids is 1. The van der Waals surface area contributed by atoms with E-state index in [9.17, 15) is 4.79 Å². The van der Waals surface area contributed by atoms with E-state index >= 15 is 0 Å². The summed E-state index contributed by atoms with van der Waals surface area (Å²) in [6, 6.07) is 8.81. The molecule has 98 valence electrons. The van der Waals surface area contributed by atoms with Gasteiger partial charge in [-0.3, -0.25) is 5.32 Å². The first-order chi connectivity index (χ1) is 9.24. The maximum absolute atomic E-state index is 11.5. The molecular formula is C13H14N4O2. The number of nitrogens with one attached hydrogen (secondary N) is 2. The average molecular weight is 258 g/mol. The van der Waals surface area contributed by atoms with Crippen LogP contribution in [-0.4, -0.2) is 22.7 Å². The summed E-state index contributed by atoms with van der Waals surface area (Å²) in [4.78, 5) is 19.2. The Hall–Kier alpha value is -2.63. The molecule has 2 amide bonds. The van der Waals surface area contributed by atoms with Crippen molar-refractivity contribution in [3.8, 4) is 5.75 Å². The van der Waals surface area contributed by atoms with Crippen molar-refractivity contribution in [3.05, 3.63) is 48.3 Å². The number of hydrogen-bond donors (Lipinski definition) is 2. The summed E-state index contributed by atoms with van der Waals surface area (Å²) in [6.07, 6.45) is 3.09. The van der Waals surface area contributed by atoms with E-state index in [2.05, 4.69) is 20.6 Å². The maximum atomic E-state index is 11.5. The number of ether oxygens (including phenoxy) is 1. The Labute approximate surface area is 110 Å². The largest absolute Gasteiger partial charge is 0.473 e. The number of aryl methyl sites for hydroxylation is 1. The standard InChI is InChI=1S/C13H14N4O2/c1-10-3-5-11(6-4-10)19-9-16-13(18)17-12-14-7-2-8-15-12/h2-8H,9H2,1H3,(H2,14,15,16,17,18). The second-order valence-electron chi connectivity index (χ2n) is 3.81. The molecule has 0 fully saturated rings. The third-order valence-electron chi connectivity index (χ3n) is 2.28. The normalized spacial score (nSPS) is 9.74. The first-order valence-electron chi connectivity index (χ1n) is 5.75. The SMILES string of the molecule is Cc1ccc(OCNC(=O)Nc2ncccn2)cc1. The highest BCUT2D eigenvalue weighted by Crippen LogP contribution is 2.10. The molecule has 0 atom stereocenters. The van der Waals surface area contributed by atoms with Gasteiger partial charge in [-0.05, 0) is 25.1 Å². The van der Waals surface area contributed by atoms with E-state index in [1.54, 1.807) is 18.5 Å². The number of amides is 2. The Morgan fingerprint density at radius 1 is 1.21 bits per heavy atom. The number of urea groups is 1. The molecule has 6 heteroatoms. The van der Waals surface area contributed by atoms with E-state index < -0.39 is 6.03 Å². The quantitative estimate of drug-likeness (QED) is 0.822. The number of nitrogens with zero attached hydrogens (tertiary/aromatic N) is 2. The summed E-state index contributed by atoms with van der Waals surface area (Å²) in [6.45, 7) is 2.07. The molecule has 0 saturated carbocycles. The topological polar surface area (TPSA) is 76.1 Å². The monoisotopic (exact) mass is 258 g/mol. The molecule has 2 aromatic rings. The van der Waals surface area contributed by atoms with E-state index in [-0.39, 0.29) is 12.7 Å². The van der Waals surface area contributed by atoms with Crippen LogP contribution in [-0.2, 0) is 0 Å². The summed E-state index contributed by atoms with van der Waals surface area (Å²) >= 11 is 0. The van der Waals surface area contributed by atoms with Crippen LogP contribution < -0.4 is 15.4 Å². The molecule has 2 N–H and O–H groups in total. The zero-order valence-corrected chi connectivity index (χ0v) is 10.5. The number of hydrogen-bond acceptors (Lipinski definition) is 4. The van der Waals surface area contributed by atoms with E-state index in [1.165, 1.54) is 0 Å². The van der Waals surface area contributed by atoms with Gasteiger partial charge in [0, 0.05) is 12.4 Å². The van der Waals surface area contributed by atoms with Gasteiger partial charge in [-0.1, -0.05) is 17.7 Å². The molecule has 1 aromatic carbocycles. The van der Waals surface area contributed by atoms with Crippen molar-refractivity contribution in [2.45, 2.75) is 6.92 Å². The molecule has 0 aliphatic rings. The van der Waals surface area contributed by atoms with Crippen LogP contribution in [0.15, 0.2) is 42.7 Å².